The molecule has 12 heteroatoms. The number of amides is 3. The SMILES string of the molecule is COc1ccc2cc1OCCn1nc(-c3ccccc3)nc1[C@@H](C(C)C)NC(=O)CN(C(=O)c1ccc[nH]1)CCNC2=O. The van der Waals surface area contributed by atoms with Crippen LogP contribution in [-0.4, -0.2) is 75.7 Å². The van der Waals surface area contributed by atoms with Gasteiger partial charge in [0.05, 0.1) is 26.2 Å². The lowest BCUT2D eigenvalue weighted by molar-refractivity contribution is -0.123. The Morgan fingerprint density at radius 3 is 2.58 bits per heavy atom. The van der Waals surface area contributed by atoms with Crippen LogP contribution in [0.3, 0.4) is 0 Å². The fourth-order valence-corrected chi connectivity index (χ4v) is 4.85. The van der Waals surface area contributed by atoms with Gasteiger partial charge in [0.15, 0.2) is 23.1 Å². The van der Waals surface area contributed by atoms with Gasteiger partial charge in [-0.3, -0.25) is 14.4 Å². The fourth-order valence-electron chi connectivity index (χ4n) is 4.85. The molecule has 2 bridgehead atoms. The summed E-state index contributed by atoms with van der Waals surface area (Å²) in [5.41, 5.74) is 1.55. The summed E-state index contributed by atoms with van der Waals surface area (Å²) in [5, 5.41) is 10.7. The Balaban J connectivity index is 1.52. The summed E-state index contributed by atoms with van der Waals surface area (Å²) in [6.07, 6.45) is 1.64. The molecule has 0 fully saturated rings. The third-order valence-corrected chi connectivity index (χ3v) is 7.10. The zero-order valence-corrected chi connectivity index (χ0v) is 24.4. The number of rotatable bonds is 4. The molecule has 2 aromatic carbocycles. The Bertz CT molecular complexity index is 1570. The minimum Gasteiger partial charge on any atom is -0.493 e. The highest BCUT2D eigenvalue weighted by molar-refractivity contribution is 5.96. The molecule has 0 radical (unpaired) electrons. The Morgan fingerprint density at radius 2 is 1.86 bits per heavy atom. The number of carbonyl (C=O) groups is 3. The van der Waals surface area contributed by atoms with Crippen molar-refractivity contribution >= 4 is 17.7 Å². The number of nitrogens with one attached hydrogen (secondary N) is 3. The maximum absolute atomic E-state index is 13.5. The Labute approximate surface area is 249 Å². The molecule has 4 aromatic rings. The molecule has 3 amide bonds. The van der Waals surface area contributed by atoms with E-state index in [2.05, 4.69) is 15.6 Å². The molecule has 12 nitrogen and oxygen atoms in total. The van der Waals surface area contributed by atoms with Gasteiger partial charge in [0.2, 0.25) is 5.91 Å². The fraction of sp³-hybridized carbons (Fsp3) is 0.323. The zero-order chi connectivity index (χ0) is 30.3. The molecule has 3 N–H and O–H groups in total. The molecule has 5 rings (SSSR count). The monoisotopic (exact) mass is 585 g/mol. The molecule has 1 atom stereocenters. The van der Waals surface area contributed by atoms with Crippen LogP contribution in [-0.2, 0) is 11.3 Å². The first-order valence-electron chi connectivity index (χ1n) is 14.1. The topological polar surface area (TPSA) is 143 Å². The lowest BCUT2D eigenvalue weighted by atomic mass is 10.0. The van der Waals surface area contributed by atoms with Crippen LogP contribution in [0.2, 0.25) is 0 Å². The van der Waals surface area contributed by atoms with Crippen LogP contribution in [0.5, 0.6) is 11.5 Å². The van der Waals surface area contributed by atoms with E-state index in [1.165, 1.54) is 12.0 Å². The van der Waals surface area contributed by atoms with Crippen molar-refractivity contribution in [1.82, 2.24) is 35.3 Å². The first-order valence-corrected chi connectivity index (χ1v) is 14.1. The highest BCUT2D eigenvalue weighted by Crippen LogP contribution is 2.29. The first kappa shape index (κ1) is 29.4. The zero-order valence-electron chi connectivity index (χ0n) is 24.4. The standard InChI is InChI=1S/C31H35N7O5/c1-20(2)27-29-35-28(21-8-5-4-6-9-21)36-38(29)16-17-43-25-18-22(11-12-24(25)42-3)30(40)33-14-15-37(19-26(39)34-27)31(41)23-10-7-13-32-23/h4-13,18,20,27,32H,14-17,19H2,1-3H3,(H,33,40)(H,34,39)/t27-/m1/s1. The van der Waals surface area contributed by atoms with Crippen LogP contribution >= 0.6 is 0 Å². The van der Waals surface area contributed by atoms with E-state index in [1.807, 2.05) is 44.2 Å². The van der Waals surface area contributed by atoms with Crippen LogP contribution in [0.25, 0.3) is 11.4 Å². The number of nitrogens with zero attached hydrogens (tertiary/aromatic N) is 4. The molecule has 3 heterocycles. The first-order chi connectivity index (χ1) is 20.8. The normalized spacial score (nSPS) is 16.5. The van der Waals surface area contributed by atoms with E-state index in [0.717, 1.165) is 5.56 Å². The minimum atomic E-state index is -0.506. The molecule has 2 aromatic heterocycles. The number of ether oxygens (including phenoxy) is 2. The number of aromatic nitrogens is 4. The second-order valence-electron chi connectivity index (χ2n) is 10.5. The van der Waals surface area contributed by atoms with Gasteiger partial charge in [-0.05, 0) is 36.2 Å². The number of aromatic amines is 1. The summed E-state index contributed by atoms with van der Waals surface area (Å²) in [6, 6.07) is 17.4. The third-order valence-electron chi connectivity index (χ3n) is 7.10. The number of H-pyrrole nitrogens is 1. The van der Waals surface area contributed by atoms with Gasteiger partial charge in [-0.15, -0.1) is 0 Å². The molecular weight excluding hydrogens is 550 g/mol. The summed E-state index contributed by atoms with van der Waals surface area (Å²) < 4.78 is 13.3. The van der Waals surface area contributed by atoms with Crippen molar-refractivity contribution in [2.75, 3.05) is 33.4 Å². The van der Waals surface area contributed by atoms with Gasteiger partial charge in [0.1, 0.15) is 12.3 Å². The average Bonchev–Trinajstić information content (AvgIpc) is 3.70. The molecule has 1 aliphatic rings. The quantitative estimate of drug-likeness (QED) is 0.334. The second-order valence-corrected chi connectivity index (χ2v) is 10.5. The predicted molar refractivity (Wildman–Crippen MR) is 159 cm³/mol. The van der Waals surface area contributed by atoms with Gasteiger partial charge in [-0.25, -0.2) is 9.67 Å². The van der Waals surface area contributed by atoms with Crippen molar-refractivity contribution in [1.29, 1.82) is 0 Å². The number of hydrogen-bond acceptors (Lipinski definition) is 7. The third kappa shape index (κ3) is 6.85. The summed E-state index contributed by atoms with van der Waals surface area (Å²) in [4.78, 5) is 48.9. The van der Waals surface area contributed by atoms with E-state index in [9.17, 15) is 14.4 Å². The van der Waals surface area contributed by atoms with Crippen LogP contribution in [0.1, 0.15) is 46.6 Å². The molecule has 0 spiro atoms. The lowest BCUT2D eigenvalue weighted by Crippen LogP contribution is -2.46. The van der Waals surface area contributed by atoms with Gasteiger partial charge in [-0.1, -0.05) is 44.2 Å². The van der Waals surface area contributed by atoms with Gasteiger partial charge >= 0.3 is 0 Å². The van der Waals surface area contributed by atoms with E-state index >= 15 is 0 Å². The summed E-state index contributed by atoms with van der Waals surface area (Å²) in [7, 11) is 1.53. The number of benzene rings is 2. The largest absolute Gasteiger partial charge is 0.493 e. The van der Waals surface area contributed by atoms with Crippen molar-refractivity contribution in [2.24, 2.45) is 5.92 Å². The van der Waals surface area contributed by atoms with Crippen molar-refractivity contribution in [3.63, 3.8) is 0 Å². The van der Waals surface area contributed by atoms with Gasteiger partial charge in [0, 0.05) is 30.4 Å². The Kier molecular flexibility index (Phi) is 9.04. The molecule has 224 valence electrons. The number of hydrogen-bond donors (Lipinski definition) is 3. The van der Waals surface area contributed by atoms with Gasteiger partial charge in [0.25, 0.3) is 11.8 Å². The molecule has 0 saturated heterocycles. The van der Waals surface area contributed by atoms with E-state index in [4.69, 9.17) is 19.6 Å². The Morgan fingerprint density at radius 1 is 1.05 bits per heavy atom. The van der Waals surface area contributed by atoms with Crippen molar-refractivity contribution in [2.45, 2.75) is 26.4 Å². The molecular formula is C31H35N7O5. The van der Waals surface area contributed by atoms with E-state index in [1.54, 1.807) is 41.2 Å². The van der Waals surface area contributed by atoms with Crippen LogP contribution in [0, 0.1) is 5.92 Å². The van der Waals surface area contributed by atoms with E-state index < -0.39 is 6.04 Å². The second kappa shape index (κ2) is 13.2. The molecule has 0 aliphatic carbocycles. The molecule has 0 unspecified atom stereocenters. The van der Waals surface area contributed by atoms with Gasteiger partial charge in [-0.2, -0.15) is 5.10 Å². The highest BCUT2D eigenvalue weighted by atomic mass is 16.5. The summed E-state index contributed by atoms with van der Waals surface area (Å²) in [6.45, 7) is 4.50. The van der Waals surface area contributed by atoms with Crippen molar-refractivity contribution in [3.05, 3.63) is 83.9 Å². The van der Waals surface area contributed by atoms with Crippen LogP contribution in [0.4, 0.5) is 0 Å². The lowest BCUT2D eigenvalue weighted by Gasteiger charge is -2.26. The van der Waals surface area contributed by atoms with Crippen LogP contribution < -0.4 is 20.1 Å². The van der Waals surface area contributed by atoms with Gasteiger partial charge < -0.3 is 30.0 Å². The number of methoxy groups -OCH3 is 1. The van der Waals surface area contributed by atoms with Crippen LogP contribution in [0.15, 0.2) is 66.9 Å². The number of carbonyl (C=O) groups excluding carboxylic acids is 3. The minimum absolute atomic E-state index is 0.0536. The maximum Gasteiger partial charge on any atom is 0.270 e. The smallest absolute Gasteiger partial charge is 0.270 e. The molecule has 1 aliphatic heterocycles. The summed E-state index contributed by atoms with van der Waals surface area (Å²) in [5.74, 6) is 0.844. The van der Waals surface area contributed by atoms with Crippen molar-refractivity contribution in [3.8, 4) is 22.9 Å². The molecule has 0 saturated carbocycles. The Hall–Kier alpha value is -5.13. The van der Waals surface area contributed by atoms with Crippen molar-refractivity contribution < 1.29 is 23.9 Å². The average molecular weight is 586 g/mol. The predicted octanol–water partition coefficient (Wildman–Crippen LogP) is 3.06. The van der Waals surface area contributed by atoms with E-state index in [-0.39, 0.29) is 49.9 Å². The highest BCUT2D eigenvalue weighted by Gasteiger charge is 2.28. The maximum atomic E-state index is 13.5. The summed E-state index contributed by atoms with van der Waals surface area (Å²) >= 11 is 0. The van der Waals surface area contributed by atoms with E-state index in [0.29, 0.717) is 40.9 Å². The molecule has 43 heavy (non-hydrogen) atoms. The number of fused-ring (bicyclic) bond motifs is 3.